The first-order valence-electron chi connectivity index (χ1n) is 5.87. The summed E-state index contributed by atoms with van der Waals surface area (Å²) in [5.41, 5.74) is -0.0960. The first-order valence-corrected chi connectivity index (χ1v) is 5.87. The Morgan fingerprint density at radius 3 is 2.58 bits per heavy atom. The lowest BCUT2D eigenvalue weighted by atomic mass is 10.1. The number of benzene rings is 1. The van der Waals surface area contributed by atoms with Crippen LogP contribution in [-0.4, -0.2) is 36.0 Å². The maximum absolute atomic E-state index is 11.1. The van der Waals surface area contributed by atoms with E-state index in [9.17, 15) is 20.2 Å². The number of rotatable bonds is 4. The molecule has 1 atom stereocenters. The molecule has 0 aromatic heterocycles. The molecule has 1 fully saturated rings. The van der Waals surface area contributed by atoms with Gasteiger partial charge < -0.3 is 10.2 Å². The minimum absolute atomic E-state index is 0.167. The Balaban J connectivity index is 2.38. The monoisotopic (exact) mass is 266 g/mol. The van der Waals surface area contributed by atoms with E-state index in [1.165, 1.54) is 12.1 Å². The molecule has 0 amide bonds. The average Bonchev–Trinajstić information content (AvgIpc) is 2.90. The van der Waals surface area contributed by atoms with Crippen LogP contribution in [0.25, 0.3) is 0 Å². The molecule has 1 N–H and O–H groups in total. The Kier molecular flexibility index (Phi) is 3.61. The number of nitrogens with one attached hydrogen (secondary N) is 1. The summed E-state index contributed by atoms with van der Waals surface area (Å²) in [4.78, 5) is 22.3. The molecule has 1 heterocycles. The van der Waals surface area contributed by atoms with Gasteiger partial charge in [0.15, 0.2) is 0 Å². The van der Waals surface area contributed by atoms with Gasteiger partial charge in [-0.3, -0.25) is 20.2 Å². The molecule has 102 valence electrons. The molecule has 2 rings (SSSR count). The average molecular weight is 266 g/mol. The van der Waals surface area contributed by atoms with Crippen molar-refractivity contribution in [3.05, 3.63) is 38.4 Å². The molecule has 19 heavy (non-hydrogen) atoms. The minimum Gasteiger partial charge on any atom is -0.365 e. The van der Waals surface area contributed by atoms with Gasteiger partial charge >= 0.3 is 0 Å². The number of nitro benzene ring substituents is 2. The van der Waals surface area contributed by atoms with Gasteiger partial charge in [-0.1, -0.05) is 0 Å². The summed E-state index contributed by atoms with van der Waals surface area (Å²) in [6.45, 7) is 1.63. The van der Waals surface area contributed by atoms with E-state index >= 15 is 0 Å². The van der Waals surface area contributed by atoms with Crippen LogP contribution < -0.4 is 10.2 Å². The normalized spacial score (nSPS) is 18.3. The molecule has 0 aliphatic carbocycles. The number of nitro groups is 2. The summed E-state index contributed by atoms with van der Waals surface area (Å²) in [6, 6.07) is 3.91. The van der Waals surface area contributed by atoms with Crippen LogP contribution in [0.15, 0.2) is 18.2 Å². The second kappa shape index (κ2) is 5.19. The van der Waals surface area contributed by atoms with Gasteiger partial charge in [0.25, 0.3) is 11.4 Å². The molecule has 1 unspecified atom stereocenters. The number of nitrogens with zero attached hydrogens (tertiary/aromatic N) is 3. The third kappa shape index (κ3) is 2.63. The number of likely N-dealkylation sites (N-methyl/N-ethyl adjacent to an activating group) is 1. The lowest BCUT2D eigenvalue weighted by Gasteiger charge is -2.25. The smallest absolute Gasteiger partial charge is 0.299 e. The van der Waals surface area contributed by atoms with E-state index < -0.39 is 9.85 Å². The molecule has 8 nitrogen and oxygen atoms in total. The molecule has 0 radical (unpaired) electrons. The minimum atomic E-state index is -0.631. The van der Waals surface area contributed by atoms with Crippen LogP contribution in [-0.2, 0) is 0 Å². The van der Waals surface area contributed by atoms with Crippen molar-refractivity contribution in [3.8, 4) is 0 Å². The SMILES string of the molecule is CN(c1ccc([N+](=O)[O-])cc1[N+](=O)[O-])C1CCNC1. The van der Waals surface area contributed by atoms with Crippen molar-refractivity contribution >= 4 is 17.1 Å². The summed E-state index contributed by atoms with van der Waals surface area (Å²) >= 11 is 0. The first kappa shape index (κ1) is 13.2. The maximum Gasteiger partial charge on any atom is 0.299 e. The van der Waals surface area contributed by atoms with Gasteiger partial charge in [-0.15, -0.1) is 0 Å². The predicted octanol–water partition coefficient (Wildman–Crippen LogP) is 1.30. The van der Waals surface area contributed by atoms with Crippen LogP contribution in [0.2, 0.25) is 0 Å². The van der Waals surface area contributed by atoms with E-state index in [0.717, 1.165) is 25.6 Å². The highest BCUT2D eigenvalue weighted by molar-refractivity contribution is 5.67. The quantitative estimate of drug-likeness (QED) is 0.651. The van der Waals surface area contributed by atoms with Crippen molar-refractivity contribution in [2.45, 2.75) is 12.5 Å². The topological polar surface area (TPSA) is 102 Å². The first-order chi connectivity index (χ1) is 9.00. The summed E-state index contributed by atoms with van der Waals surface area (Å²) in [5.74, 6) is 0. The molecular weight excluding hydrogens is 252 g/mol. The number of hydrogen-bond acceptors (Lipinski definition) is 6. The largest absolute Gasteiger partial charge is 0.365 e. The van der Waals surface area contributed by atoms with Crippen molar-refractivity contribution in [2.24, 2.45) is 0 Å². The number of anilines is 1. The number of non-ortho nitro benzene ring substituents is 1. The van der Waals surface area contributed by atoms with Gasteiger partial charge in [0.2, 0.25) is 0 Å². The van der Waals surface area contributed by atoms with Crippen molar-refractivity contribution in [2.75, 3.05) is 25.0 Å². The highest BCUT2D eigenvalue weighted by Crippen LogP contribution is 2.32. The van der Waals surface area contributed by atoms with Crippen LogP contribution in [0, 0.1) is 20.2 Å². The fraction of sp³-hybridized carbons (Fsp3) is 0.455. The van der Waals surface area contributed by atoms with Crippen LogP contribution in [0.5, 0.6) is 0 Å². The highest BCUT2D eigenvalue weighted by atomic mass is 16.6. The van der Waals surface area contributed by atoms with E-state index in [0.29, 0.717) is 5.69 Å². The van der Waals surface area contributed by atoms with Crippen molar-refractivity contribution in [3.63, 3.8) is 0 Å². The van der Waals surface area contributed by atoms with E-state index in [4.69, 9.17) is 0 Å². The van der Waals surface area contributed by atoms with E-state index in [-0.39, 0.29) is 17.4 Å². The fourth-order valence-electron chi connectivity index (χ4n) is 2.24. The third-order valence-corrected chi connectivity index (χ3v) is 3.33. The van der Waals surface area contributed by atoms with Crippen LogP contribution >= 0.6 is 0 Å². The lowest BCUT2D eigenvalue weighted by Crippen LogP contribution is -2.33. The Morgan fingerprint density at radius 1 is 1.32 bits per heavy atom. The Hall–Kier alpha value is -2.22. The summed E-state index contributed by atoms with van der Waals surface area (Å²) in [7, 11) is 1.77. The van der Waals surface area contributed by atoms with E-state index in [2.05, 4.69) is 5.32 Å². The van der Waals surface area contributed by atoms with E-state index in [1.54, 1.807) is 7.05 Å². The Labute approximate surface area is 109 Å². The Bertz CT molecular complexity index is 513. The molecule has 8 heteroatoms. The van der Waals surface area contributed by atoms with Crippen LogP contribution in [0.1, 0.15) is 6.42 Å². The van der Waals surface area contributed by atoms with Crippen molar-refractivity contribution in [1.82, 2.24) is 5.32 Å². The van der Waals surface area contributed by atoms with Gasteiger partial charge in [0, 0.05) is 25.7 Å². The third-order valence-electron chi connectivity index (χ3n) is 3.33. The van der Waals surface area contributed by atoms with Crippen LogP contribution in [0.4, 0.5) is 17.1 Å². The zero-order chi connectivity index (χ0) is 14.0. The standard InChI is InChI=1S/C11H14N4O4/c1-13(9-4-5-12-7-9)10-3-2-8(14(16)17)6-11(10)15(18)19/h2-3,6,9,12H,4-5,7H2,1H3. The fourth-order valence-corrected chi connectivity index (χ4v) is 2.24. The molecule has 0 bridgehead atoms. The second-order valence-electron chi connectivity index (χ2n) is 4.44. The maximum atomic E-state index is 11.1. The van der Waals surface area contributed by atoms with Crippen molar-refractivity contribution < 1.29 is 9.85 Å². The Morgan fingerprint density at radius 2 is 2.05 bits per heavy atom. The van der Waals surface area contributed by atoms with Gasteiger partial charge in [-0.05, 0) is 19.0 Å². The van der Waals surface area contributed by atoms with Crippen molar-refractivity contribution in [1.29, 1.82) is 0 Å². The molecule has 1 aliphatic heterocycles. The van der Waals surface area contributed by atoms with Gasteiger partial charge in [-0.25, -0.2) is 0 Å². The molecule has 0 saturated carbocycles. The molecule has 1 aliphatic rings. The highest BCUT2D eigenvalue weighted by Gasteiger charge is 2.27. The summed E-state index contributed by atoms with van der Waals surface area (Å²) in [5, 5.41) is 24.9. The summed E-state index contributed by atoms with van der Waals surface area (Å²) < 4.78 is 0. The molecular formula is C11H14N4O4. The number of hydrogen-bond donors (Lipinski definition) is 1. The molecule has 1 aromatic rings. The molecule has 1 saturated heterocycles. The van der Waals surface area contributed by atoms with Gasteiger partial charge in [0.1, 0.15) is 5.69 Å². The summed E-state index contributed by atoms with van der Waals surface area (Å²) in [6.07, 6.45) is 0.893. The zero-order valence-electron chi connectivity index (χ0n) is 10.4. The molecule has 0 spiro atoms. The second-order valence-corrected chi connectivity index (χ2v) is 4.44. The van der Waals surface area contributed by atoms with Crippen LogP contribution in [0.3, 0.4) is 0 Å². The lowest BCUT2D eigenvalue weighted by molar-refractivity contribution is -0.393. The predicted molar refractivity (Wildman–Crippen MR) is 69.4 cm³/mol. The van der Waals surface area contributed by atoms with Gasteiger partial charge in [-0.2, -0.15) is 0 Å². The molecule has 1 aromatic carbocycles. The zero-order valence-corrected chi connectivity index (χ0v) is 10.4. The van der Waals surface area contributed by atoms with E-state index in [1.807, 2.05) is 4.90 Å². The van der Waals surface area contributed by atoms with Gasteiger partial charge in [0.05, 0.1) is 15.9 Å².